The third-order valence-corrected chi connectivity index (χ3v) is 6.40. The Kier molecular flexibility index (Phi) is 5.16. The first-order chi connectivity index (χ1) is 14.9. The van der Waals surface area contributed by atoms with Gasteiger partial charge in [0.2, 0.25) is 0 Å². The van der Waals surface area contributed by atoms with E-state index in [-0.39, 0.29) is 34.8 Å². The molecule has 0 N–H and O–H groups in total. The summed E-state index contributed by atoms with van der Waals surface area (Å²) in [4.78, 5) is 20.0. The van der Waals surface area contributed by atoms with Crippen molar-refractivity contribution in [3.8, 4) is 0 Å². The van der Waals surface area contributed by atoms with Gasteiger partial charge < -0.3 is 4.90 Å². The first-order valence-corrected chi connectivity index (χ1v) is 11.0. The molecule has 1 saturated heterocycles. The summed E-state index contributed by atoms with van der Waals surface area (Å²) in [7, 11) is 1.79. The van der Waals surface area contributed by atoms with Gasteiger partial charge in [-0.15, -0.1) is 0 Å². The SMILES string of the molecule is Cn1cc(Cl)c(C2CCCCCN2C(=O)c2cnn3c(C(F)F)cc(C4CC4)nc23)n1. The van der Waals surface area contributed by atoms with Crippen molar-refractivity contribution in [1.29, 1.82) is 0 Å². The lowest BCUT2D eigenvalue weighted by atomic mass is 10.1. The summed E-state index contributed by atoms with van der Waals surface area (Å²) in [6.45, 7) is 0.539. The number of fused-ring (bicyclic) bond motifs is 1. The fraction of sp³-hybridized carbons (Fsp3) is 0.524. The fourth-order valence-electron chi connectivity index (χ4n) is 4.39. The van der Waals surface area contributed by atoms with Crippen LogP contribution in [0.1, 0.15) is 84.3 Å². The van der Waals surface area contributed by atoms with Gasteiger partial charge in [-0.2, -0.15) is 10.2 Å². The minimum Gasteiger partial charge on any atom is -0.330 e. The second kappa shape index (κ2) is 7.85. The van der Waals surface area contributed by atoms with Crippen LogP contribution >= 0.6 is 11.6 Å². The van der Waals surface area contributed by atoms with Gasteiger partial charge in [0.15, 0.2) is 5.65 Å². The highest BCUT2D eigenvalue weighted by Gasteiger charge is 2.34. The lowest BCUT2D eigenvalue weighted by Gasteiger charge is -2.29. The maximum Gasteiger partial charge on any atom is 0.280 e. The number of alkyl halides is 2. The predicted octanol–water partition coefficient (Wildman–Crippen LogP) is 4.69. The highest BCUT2D eigenvalue weighted by Crippen LogP contribution is 2.41. The van der Waals surface area contributed by atoms with Crippen LogP contribution in [0.3, 0.4) is 0 Å². The molecule has 10 heteroatoms. The number of rotatable bonds is 4. The number of aryl methyl sites for hydroxylation is 1. The van der Waals surface area contributed by atoms with Crippen molar-refractivity contribution in [2.75, 3.05) is 6.54 Å². The molecule has 1 aliphatic carbocycles. The average molecular weight is 449 g/mol. The molecule has 2 aliphatic rings. The molecule has 0 spiro atoms. The molecule has 4 heterocycles. The third kappa shape index (κ3) is 3.69. The van der Waals surface area contributed by atoms with Gasteiger partial charge in [0.25, 0.3) is 12.3 Å². The Bertz CT molecular complexity index is 1140. The number of nitrogens with zero attached hydrogens (tertiary/aromatic N) is 6. The number of hydrogen-bond donors (Lipinski definition) is 0. The lowest BCUT2D eigenvalue weighted by molar-refractivity contribution is 0.0678. The summed E-state index contributed by atoms with van der Waals surface area (Å²) in [5.74, 6) is -0.0945. The summed E-state index contributed by atoms with van der Waals surface area (Å²) in [5, 5.41) is 9.11. The maximum absolute atomic E-state index is 13.7. The number of hydrogen-bond acceptors (Lipinski definition) is 4. The van der Waals surface area contributed by atoms with Crippen molar-refractivity contribution in [2.45, 2.75) is 56.9 Å². The van der Waals surface area contributed by atoms with E-state index in [1.165, 1.54) is 12.3 Å². The zero-order chi connectivity index (χ0) is 21.7. The molecule has 3 aromatic heterocycles. The Hall–Kier alpha value is -2.55. The van der Waals surface area contributed by atoms with E-state index in [4.69, 9.17) is 11.6 Å². The second-order valence-electron chi connectivity index (χ2n) is 8.37. The minimum atomic E-state index is -2.70. The number of amides is 1. The molecule has 0 aromatic carbocycles. The summed E-state index contributed by atoms with van der Waals surface area (Å²) in [6, 6.07) is 1.14. The Labute approximate surface area is 183 Å². The van der Waals surface area contributed by atoms with Gasteiger partial charge in [0.05, 0.1) is 17.3 Å². The van der Waals surface area contributed by atoms with Crippen LogP contribution in [0, 0.1) is 0 Å². The van der Waals surface area contributed by atoms with E-state index in [1.807, 2.05) is 0 Å². The summed E-state index contributed by atoms with van der Waals surface area (Å²) in [6.07, 6.45) is 5.77. The molecule has 3 aromatic rings. The monoisotopic (exact) mass is 448 g/mol. The van der Waals surface area contributed by atoms with Crippen LogP contribution < -0.4 is 0 Å². The maximum atomic E-state index is 13.7. The van der Waals surface area contributed by atoms with Crippen molar-refractivity contribution < 1.29 is 13.6 Å². The highest BCUT2D eigenvalue weighted by molar-refractivity contribution is 6.31. The van der Waals surface area contributed by atoms with Gasteiger partial charge >= 0.3 is 0 Å². The first kappa shape index (κ1) is 20.4. The summed E-state index contributed by atoms with van der Waals surface area (Å²) >= 11 is 6.41. The van der Waals surface area contributed by atoms with Gasteiger partial charge in [-0.3, -0.25) is 9.48 Å². The van der Waals surface area contributed by atoms with Gasteiger partial charge in [-0.25, -0.2) is 18.3 Å². The van der Waals surface area contributed by atoms with Gasteiger partial charge in [0, 0.05) is 31.4 Å². The van der Waals surface area contributed by atoms with E-state index in [0.717, 1.165) is 43.0 Å². The largest absolute Gasteiger partial charge is 0.330 e. The van der Waals surface area contributed by atoms with Crippen molar-refractivity contribution in [3.63, 3.8) is 0 Å². The normalized spacial score (nSPS) is 19.9. The number of aromatic nitrogens is 5. The third-order valence-electron chi connectivity index (χ3n) is 6.11. The van der Waals surface area contributed by atoms with Crippen LogP contribution in [-0.4, -0.2) is 41.7 Å². The van der Waals surface area contributed by atoms with Crippen LogP contribution in [0.25, 0.3) is 5.65 Å². The Morgan fingerprint density at radius 3 is 2.71 bits per heavy atom. The molecule has 5 rings (SSSR count). The minimum absolute atomic E-state index is 0.179. The number of likely N-dealkylation sites (tertiary alicyclic amines) is 1. The smallest absolute Gasteiger partial charge is 0.280 e. The lowest BCUT2D eigenvalue weighted by Crippen LogP contribution is -2.35. The first-order valence-electron chi connectivity index (χ1n) is 10.6. The van der Waals surface area contributed by atoms with Crippen molar-refractivity contribution in [1.82, 2.24) is 29.3 Å². The molecule has 1 unspecified atom stereocenters. The van der Waals surface area contributed by atoms with Crippen molar-refractivity contribution >= 4 is 23.2 Å². The molecule has 1 amide bonds. The zero-order valence-electron chi connectivity index (χ0n) is 17.1. The summed E-state index contributed by atoms with van der Waals surface area (Å²) in [5.41, 5.74) is 1.47. The highest BCUT2D eigenvalue weighted by atomic mass is 35.5. The van der Waals surface area contributed by atoms with E-state index < -0.39 is 6.43 Å². The van der Waals surface area contributed by atoms with Gasteiger partial charge in [-0.05, 0) is 31.7 Å². The van der Waals surface area contributed by atoms with E-state index in [9.17, 15) is 13.6 Å². The molecular formula is C21H23ClF2N6O. The van der Waals surface area contributed by atoms with Crippen LogP contribution in [0.15, 0.2) is 18.5 Å². The van der Waals surface area contributed by atoms with Crippen LogP contribution in [0.4, 0.5) is 8.78 Å². The van der Waals surface area contributed by atoms with Crippen LogP contribution in [-0.2, 0) is 7.05 Å². The fourth-order valence-corrected chi connectivity index (χ4v) is 4.70. The number of carbonyl (C=O) groups is 1. The van der Waals surface area contributed by atoms with Crippen LogP contribution in [0.2, 0.25) is 5.02 Å². The van der Waals surface area contributed by atoms with Gasteiger partial charge in [0.1, 0.15) is 17.0 Å². The van der Waals surface area contributed by atoms with E-state index in [0.29, 0.717) is 23.0 Å². The summed E-state index contributed by atoms with van der Waals surface area (Å²) < 4.78 is 30.1. The van der Waals surface area contributed by atoms with Crippen LogP contribution in [0.5, 0.6) is 0 Å². The molecule has 0 bridgehead atoms. The van der Waals surface area contributed by atoms with Crippen molar-refractivity contribution in [3.05, 3.63) is 46.1 Å². The molecule has 1 atom stereocenters. The molecule has 1 aliphatic heterocycles. The molecule has 31 heavy (non-hydrogen) atoms. The molecule has 1 saturated carbocycles. The van der Waals surface area contributed by atoms with E-state index >= 15 is 0 Å². The van der Waals surface area contributed by atoms with E-state index in [2.05, 4.69) is 15.2 Å². The predicted molar refractivity (Wildman–Crippen MR) is 110 cm³/mol. The Balaban J connectivity index is 1.58. The Morgan fingerprint density at radius 2 is 2.03 bits per heavy atom. The van der Waals surface area contributed by atoms with E-state index in [1.54, 1.807) is 22.8 Å². The second-order valence-corrected chi connectivity index (χ2v) is 8.78. The molecule has 164 valence electrons. The van der Waals surface area contributed by atoms with Crippen molar-refractivity contribution in [2.24, 2.45) is 7.05 Å². The molecule has 2 fully saturated rings. The molecule has 7 nitrogen and oxygen atoms in total. The zero-order valence-corrected chi connectivity index (χ0v) is 17.9. The molecular weight excluding hydrogens is 426 g/mol. The Morgan fingerprint density at radius 1 is 1.23 bits per heavy atom. The quantitative estimate of drug-likeness (QED) is 0.580. The topological polar surface area (TPSA) is 68.3 Å². The molecule has 0 radical (unpaired) electrons. The van der Waals surface area contributed by atoms with Gasteiger partial charge in [-0.1, -0.05) is 24.4 Å². The number of carbonyl (C=O) groups excluding carboxylic acids is 1. The standard InChI is InChI=1S/C21H23ClF2N6O/c1-28-11-14(22)18(27-28)16-5-3-2-4-8-29(16)21(31)13-10-25-30-17(19(23)24)9-15(12-6-7-12)26-20(13)30/h9-12,16,19H,2-8H2,1H3. The average Bonchev–Trinajstić information content (AvgIpc) is 3.47. The number of halogens is 3.